The Morgan fingerprint density at radius 2 is 1.67 bits per heavy atom. The van der Waals surface area contributed by atoms with Crippen LogP contribution >= 0.6 is 0 Å². The summed E-state index contributed by atoms with van der Waals surface area (Å²) in [5.41, 5.74) is 1.96. The van der Waals surface area contributed by atoms with Crippen molar-refractivity contribution >= 4 is 21.5 Å². The second kappa shape index (κ2) is 8.09. The SMILES string of the molecule is COc1ccc(S(=O)(=O)Nc2ccc(NC(C)c3ccccc3)cn2)cc1. The molecule has 0 aliphatic rings. The van der Waals surface area contributed by atoms with Gasteiger partial charge in [-0.05, 0) is 48.9 Å². The Labute approximate surface area is 159 Å². The van der Waals surface area contributed by atoms with Gasteiger partial charge in [-0.3, -0.25) is 4.72 Å². The summed E-state index contributed by atoms with van der Waals surface area (Å²) in [5.74, 6) is 0.846. The number of nitrogens with zero attached hydrogens (tertiary/aromatic N) is 1. The van der Waals surface area contributed by atoms with Gasteiger partial charge in [-0.2, -0.15) is 0 Å². The lowest BCUT2D eigenvalue weighted by molar-refractivity contribution is 0.414. The molecule has 0 saturated carbocycles. The lowest BCUT2D eigenvalue weighted by Gasteiger charge is -2.15. The fourth-order valence-electron chi connectivity index (χ4n) is 2.57. The molecule has 27 heavy (non-hydrogen) atoms. The minimum absolute atomic E-state index is 0.106. The predicted octanol–water partition coefficient (Wildman–Crippen LogP) is 4.06. The van der Waals surface area contributed by atoms with E-state index in [0.29, 0.717) is 5.75 Å². The zero-order chi connectivity index (χ0) is 19.3. The van der Waals surface area contributed by atoms with Crippen molar-refractivity contribution in [1.29, 1.82) is 0 Å². The van der Waals surface area contributed by atoms with E-state index >= 15 is 0 Å². The quantitative estimate of drug-likeness (QED) is 0.643. The normalized spacial score (nSPS) is 12.2. The van der Waals surface area contributed by atoms with E-state index in [0.717, 1.165) is 11.3 Å². The van der Waals surface area contributed by atoms with Gasteiger partial charge in [-0.1, -0.05) is 30.3 Å². The summed E-state index contributed by atoms with van der Waals surface area (Å²) in [7, 11) is -2.18. The van der Waals surface area contributed by atoms with Gasteiger partial charge in [0.1, 0.15) is 11.6 Å². The molecular formula is C20H21N3O3S. The molecule has 3 rings (SSSR count). The molecule has 140 valence electrons. The Bertz CT molecular complexity index is 973. The van der Waals surface area contributed by atoms with E-state index in [4.69, 9.17) is 4.74 Å². The summed E-state index contributed by atoms with van der Waals surface area (Å²) < 4.78 is 32.4. The largest absolute Gasteiger partial charge is 0.497 e. The van der Waals surface area contributed by atoms with E-state index < -0.39 is 10.0 Å². The van der Waals surface area contributed by atoms with E-state index in [2.05, 4.69) is 21.9 Å². The Balaban J connectivity index is 1.67. The highest BCUT2D eigenvalue weighted by Crippen LogP contribution is 2.21. The van der Waals surface area contributed by atoms with E-state index in [-0.39, 0.29) is 16.8 Å². The number of ether oxygens (including phenoxy) is 1. The van der Waals surface area contributed by atoms with Gasteiger partial charge < -0.3 is 10.1 Å². The summed E-state index contributed by atoms with van der Waals surface area (Å²) in [6, 6.07) is 19.7. The lowest BCUT2D eigenvalue weighted by atomic mass is 10.1. The van der Waals surface area contributed by atoms with Gasteiger partial charge in [-0.25, -0.2) is 13.4 Å². The van der Waals surface area contributed by atoms with E-state index in [1.165, 1.54) is 19.2 Å². The number of pyridine rings is 1. The highest BCUT2D eigenvalue weighted by molar-refractivity contribution is 7.92. The minimum atomic E-state index is -3.71. The molecule has 0 saturated heterocycles. The van der Waals surface area contributed by atoms with Gasteiger partial charge in [0.2, 0.25) is 0 Å². The Hall–Kier alpha value is -3.06. The van der Waals surface area contributed by atoms with Crippen LogP contribution in [0.1, 0.15) is 18.5 Å². The Morgan fingerprint density at radius 1 is 0.963 bits per heavy atom. The molecule has 6 nitrogen and oxygen atoms in total. The number of methoxy groups -OCH3 is 1. The maximum atomic E-state index is 12.4. The maximum Gasteiger partial charge on any atom is 0.263 e. The van der Waals surface area contributed by atoms with Crippen LogP contribution in [0.3, 0.4) is 0 Å². The second-order valence-corrected chi connectivity index (χ2v) is 7.67. The lowest BCUT2D eigenvalue weighted by Crippen LogP contribution is -2.14. The van der Waals surface area contributed by atoms with Crippen LogP contribution in [-0.2, 0) is 10.0 Å². The van der Waals surface area contributed by atoms with Crippen LogP contribution in [0.4, 0.5) is 11.5 Å². The van der Waals surface area contributed by atoms with Crippen molar-refractivity contribution in [3.8, 4) is 5.75 Å². The summed E-state index contributed by atoms with van der Waals surface area (Å²) >= 11 is 0. The fourth-order valence-corrected chi connectivity index (χ4v) is 3.57. The standard InChI is InChI=1S/C20H21N3O3S/c1-15(16-6-4-3-5-7-16)22-17-8-13-20(21-14-17)23-27(24,25)19-11-9-18(26-2)10-12-19/h3-15,22H,1-2H3,(H,21,23). The van der Waals surface area contributed by atoms with Crippen molar-refractivity contribution in [2.45, 2.75) is 17.9 Å². The summed E-state index contributed by atoms with van der Waals surface area (Å²) in [4.78, 5) is 4.34. The third kappa shape index (κ3) is 4.77. The monoisotopic (exact) mass is 383 g/mol. The first-order valence-corrected chi connectivity index (χ1v) is 9.91. The molecule has 1 heterocycles. The van der Waals surface area contributed by atoms with Gasteiger partial charge in [-0.15, -0.1) is 0 Å². The van der Waals surface area contributed by atoms with Crippen LogP contribution in [0.2, 0.25) is 0 Å². The number of benzene rings is 2. The molecule has 0 spiro atoms. The fraction of sp³-hybridized carbons (Fsp3) is 0.150. The average Bonchev–Trinajstić information content (AvgIpc) is 2.70. The molecule has 0 fully saturated rings. The highest BCUT2D eigenvalue weighted by atomic mass is 32.2. The first-order valence-electron chi connectivity index (χ1n) is 8.42. The first kappa shape index (κ1) is 18.7. The molecule has 0 bridgehead atoms. The number of anilines is 2. The first-order chi connectivity index (χ1) is 13.0. The molecule has 3 aromatic rings. The third-order valence-electron chi connectivity index (χ3n) is 4.05. The molecule has 1 unspecified atom stereocenters. The summed E-state index contributed by atoms with van der Waals surface area (Å²) in [5, 5.41) is 3.34. The van der Waals surface area contributed by atoms with Gasteiger partial charge >= 0.3 is 0 Å². The van der Waals surface area contributed by atoms with E-state index in [1.807, 2.05) is 30.3 Å². The van der Waals surface area contributed by atoms with Crippen molar-refractivity contribution in [3.63, 3.8) is 0 Å². The number of hydrogen-bond acceptors (Lipinski definition) is 5. The molecule has 0 amide bonds. The zero-order valence-electron chi connectivity index (χ0n) is 15.1. The van der Waals surface area contributed by atoms with Crippen LogP contribution < -0.4 is 14.8 Å². The molecule has 0 radical (unpaired) electrons. The van der Waals surface area contributed by atoms with E-state index in [9.17, 15) is 8.42 Å². The number of sulfonamides is 1. The number of hydrogen-bond donors (Lipinski definition) is 2. The number of nitrogens with one attached hydrogen (secondary N) is 2. The van der Waals surface area contributed by atoms with Crippen molar-refractivity contribution in [3.05, 3.63) is 78.5 Å². The highest BCUT2D eigenvalue weighted by Gasteiger charge is 2.15. The Morgan fingerprint density at radius 3 is 2.26 bits per heavy atom. The second-order valence-electron chi connectivity index (χ2n) is 5.99. The van der Waals surface area contributed by atoms with Crippen molar-refractivity contribution in [2.24, 2.45) is 0 Å². The van der Waals surface area contributed by atoms with E-state index in [1.54, 1.807) is 30.5 Å². The molecule has 7 heteroatoms. The van der Waals surface area contributed by atoms with Crippen molar-refractivity contribution < 1.29 is 13.2 Å². The van der Waals surface area contributed by atoms with Crippen molar-refractivity contribution in [1.82, 2.24) is 4.98 Å². The van der Waals surface area contributed by atoms with Gasteiger partial charge in [0.15, 0.2) is 0 Å². The molecule has 1 atom stereocenters. The van der Waals surface area contributed by atoms with Crippen LogP contribution in [0.25, 0.3) is 0 Å². The average molecular weight is 383 g/mol. The van der Waals surface area contributed by atoms with Gasteiger partial charge in [0.05, 0.1) is 23.9 Å². The maximum absolute atomic E-state index is 12.4. The minimum Gasteiger partial charge on any atom is -0.497 e. The number of aromatic nitrogens is 1. The molecule has 2 aromatic carbocycles. The summed E-state index contributed by atoms with van der Waals surface area (Å²) in [6.45, 7) is 2.05. The topological polar surface area (TPSA) is 80.3 Å². The van der Waals surface area contributed by atoms with Gasteiger partial charge in [0.25, 0.3) is 10.0 Å². The third-order valence-corrected chi connectivity index (χ3v) is 5.43. The molecule has 0 aliphatic carbocycles. The molecular weight excluding hydrogens is 362 g/mol. The van der Waals surface area contributed by atoms with Crippen LogP contribution in [0, 0.1) is 0 Å². The number of rotatable bonds is 7. The Kier molecular flexibility index (Phi) is 5.61. The van der Waals surface area contributed by atoms with Crippen LogP contribution in [-0.4, -0.2) is 20.5 Å². The molecule has 0 aliphatic heterocycles. The molecule has 1 aromatic heterocycles. The zero-order valence-corrected chi connectivity index (χ0v) is 15.9. The van der Waals surface area contributed by atoms with Crippen molar-refractivity contribution in [2.75, 3.05) is 17.1 Å². The summed E-state index contributed by atoms with van der Waals surface area (Å²) in [6.07, 6.45) is 1.60. The van der Waals surface area contributed by atoms with Gasteiger partial charge in [0, 0.05) is 6.04 Å². The predicted molar refractivity (Wildman–Crippen MR) is 107 cm³/mol. The molecule has 2 N–H and O–H groups in total. The van der Waals surface area contributed by atoms with Crippen LogP contribution in [0.15, 0.2) is 77.8 Å². The van der Waals surface area contributed by atoms with Crippen LogP contribution in [0.5, 0.6) is 5.75 Å². The smallest absolute Gasteiger partial charge is 0.263 e.